The lowest BCUT2D eigenvalue weighted by Crippen LogP contribution is -2.26. The number of hydrogen-bond donors (Lipinski definition) is 0. The van der Waals surface area contributed by atoms with Crippen molar-refractivity contribution in [2.75, 3.05) is 12.4 Å². The lowest BCUT2D eigenvalue weighted by molar-refractivity contribution is -0.00599. The summed E-state index contributed by atoms with van der Waals surface area (Å²) < 4.78 is 27.1. The Bertz CT molecular complexity index is 290. The van der Waals surface area contributed by atoms with E-state index >= 15 is 0 Å². The van der Waals surface area contributed by atoms with Gasteiger partial charge in [-0.05, 0) is 31.6 Å². The van der Waals surface area contributed by atoms with Crippen LogP contribution in [-0.2, 0) is 13.8 Å². The summed E-state index contributed by atoms with van der Waals surface area (Å²) in [6, 6.07) is 0. The molecule has 0 heterocycles. The highest BCUT2D eigenvalue weighted by atomic mass is 35.7. The zero-order valence-corrected chi connectivity index (χ0v) is 11.4. The minimum absolute atomic E-state index is 0.0537. The molecular formula is C11H21ClO3S. The van der Waals surface area contributed by atoms with Crippen LogP contribution in [0.5, 0.6) is 0 Å². The number of unbranched alkanes of at least 4 members (excludes halogenated alkanes) is 1. The molecule has 0 aromatic heterocycles. The second kappa shape index (κ2) is 6.82. The van der Waals surface area contributed by atoms with E-state index in [1.165, 1.54) is 19.3 Å². The summed E-state index contributed by atoms with van der Waals surface area (Å²) in [6.07, 6.45) is 6.70. The van der Waals surface area contributed by atoms with E-state index in [1.807, 2.05) is 0 Å². The SMILES string of the molecule is CC1CCCCC1OCCCCS(=O)(=O)Cl. The van der Waals surface area contributed by atoms with Gasteiger partial charge in [0.25, 0.3) is 0 Å². The van der Waals surface area contributed by atoms with Crippen molar-refractivity contribution in [1.82, 2.24) is 0 Å². The van der Waals surface area contributed by atoms with Gasteiger partial charge in [0.15, 0.2) is 0 Å². The van der Waals surface area contributed by atoms with E-state index in [2.05, 4.69) is 6.92 Å². The molecule has 0 amide bonds. The normalized spacial score (nSPS) is 26.9. The molecule has 0 radical (unpaired) electrons. The molecule has 0 spiro atoms. The zero-order valence-electron chi connectivity index (χ0n) is 9.82. The summed E-state index contributed by atoms with van der Waals surface area (Å²) in [6.45, 7) is 2.88. The number of halogens is 1. The smallest absolute Gasteiger partial charge is 0.232 e. The summed E-state index contributed by atoms with van der Waals surface area (Å²) in [5.74, 6) is 0.698. The van der Waals surface area contributed by atoms with Crippen molar-refractivity contribution < 1.29 is 13.2 Å². The molecule has 1 fully saturated rings. The van der Waals surface area contributed by atoms with Gasteiger partial charge in [-0.15, -0.1) is 0 Å². The third-order valence-corrected chi connectivity index (χ3v) is 4.39. The van der Waals surface area contributed by atoms with Crippen LogP contribution in [0.1, 0.15) is 45.4 Å². The van der Waals surface area contributed by atoms with Gasteiger partial charge >= 0.3 is 0 Å². The molecule has 16 heavy (non-hydrogen) atoms. The Balaban J connectivity index is 2.06. The van der Waals surface area contributed by atoms with Crippen LogP contribution in [0.25, 0.3) is 0 Å². The molecule has 0 saturated heterocycles. The monoisotopic (exact) mass is 268 g/mol. The molecule has 5 heteroatoms. The molecule has 0 aromatic rings. The maximum absolute atomic E-state index is 10.7. The van der Waals surface area contributed by atoms with E-state index in [9.17, 15) is 8.42 Å². The van der Waals surface area contributed by atoms with Crippen molar-refractivity contribution in [2.45, 2.75) is 51.6 Å². The Morgan fingerprint density at radius 3 is 2.56 bits per heavy atom. The van der Waals surface area contributed by atoms with Gasteiger partial charge < -0.3 is 4.74 Å². The minimum Gasteiger partial charge on any atom is -0.378 e. The average Bonchev–Trinajstić information content (AvgIpc) is 2.18. The average molecular weight is 269 g/mol. The van der Waals surface area contributed by atoms with Crippen LogP contribution < -0.4 is 0 Å². The van der Waals surface area contributed by atoms with E-state index in [-0.39, 0.29) is 5.75 Å². The fraction of sp³-hybridized carbons (Fsp3) is 1.00. The molecule has 1 saturated carbocycles. The first-order valence-electron chi connectivity index (χ1n) is 6.03. The van der Waals surface area contributed by atoms with Gasteiger partial charge in [-0.3, -0.25) is 0 Å². The van der Waals surface area contributed by atoms with Crippen LogP contribution in [0.2, 0.25) is 0 Å². The Hall–Kier alpha value is 0.200. The van der Waals surface area contributed by atoms with Gasteiger partial charge in [0.1, 0.15) is 0 Å². The summed E-state index contributed by atoms with van der Waals surface area (Å²) in [7, 11) is 1.79. The van der Waals surface area contributed by atoms with Gasteiger partial charge in [0.2, 0.25) is 9.05 Å². The Morgan fingerprint density at radius 1 is 1.25 bits per heavy atom. The van der Waals surface area contributed by atoms with Crippen molar-refractivity contribution in [3.8, 4) is 0 Å². The Morgan fingerprint density at radius 2 is 1.94 bits per heavy atom. The van der Waals surface area contributed by atoms with Crippen molar-refractivity contribution in [3.05, 3.63) is 0 Å². The van der Waals surface area contributed by atoms with Crippen molar-refractivity contribution in [3.63, 3.8) is 0 Å². The van der Waals surface area contributed by atoms with E-state index in [1.54, 1.807) is 0 Å². The highest BCUT2D eigenvalue weighted by molar-refractivity contribution is 8.13. The highest BCUT2D eigenvalue weighted by Gasteiger charge is 2.21. The molecule has 2 atom stereocenters. The molecule has 0 bridgehead atoms. The van der Waals surface area contributed by atoms with E-state index in [0.29, 0.717) is 25.0 Å². The molecule has 0 aromatic carbocycles. The first-order chi connectivity index (χ1) is 7.49. The summed E-state index contributed by atoms with van der Waals surface area (Å²) in [5, 5.41) is 0. The minimum atomic E-state index is -3.32. The molecule has 1 rings (SSSR count). The Kier molecular flexibility index (Phi) is 6.08. The van der Waals surface area contributed by atoms with E-state index < -0.39 is 9.05 Å². The molecule has 0 aliphatic heterocycles. The number of hydrogen-bond acceptors (Lipinski definition) is 3. The van der Waals surface area contributed by atoms with Crippen LogP contribution in [-0.4, -0.2) is 26.9 Å². The van der Waals surface area contributed by atoms with Crippen LogP contribution >= 0.6 is 10.7 Å². The first-order valence-corrected chi connectivity index (χ1v) is 8.51. The van der Waals surface area contributed by atoms with Crippen LogP contribution in [0, 0.1) is 5.92 Å². The summed E-state index contributed by atoms with van der Waals surface area (Å²) in [4.78, 5) is 0. The Labute approximate surface area is 103 Å². The van der Waals surface area contributed by atoms with Gasteiger partial charge in [-0.25, -0.2) is 8.42 Å². The van der Waals surface area contributed by atoms with Gasteiger partial charge in [0.05, 0.1) is 11.9 Å². The number of rotatable bonds is 6. The van der Waals surface area contributed by atoms with Crippen LogP contribution in [0.15, 0.2) is 0 Å². The maximum atomic E-state index is 10.7. The first kappa shape index (κ1) is 14.3. The van der Waals surface area contributed by atoms with Crippen molar-refractivity contribution >= 4 is 19.7 Å². The largest absolute Gasteiger partial charge is 0.378 e. The fourth-order valence-electron chi connectivity index (χ4n) is 2.14. The molecule has 0 N–H and O–H groups in total. The lowest BCUT2D eigenvalue weighted by atomic mass is 9.88. The zero-order chi connectivity index (χ0) is 12.0. The molecule has 2 unspecified atom stereocenters. The fourth-order valence-corrected chi connectivity index (χ4v) is 3.02. The van der Waals surface area contributed by atoms with Crippen LogP contribution in [0.4, 0.5) is 0 Å². The molecular weight excluding hydrogens is 248 g/mol. The summed E-state index contributed by atoms with van der Waals surface area (Å²) >= 11 is 0. The van der Waals surface area contributed by atoms with E-state index in [0.717, 1.165) is 12.8 Å². The highest BCUT2D eigenvalue weighted by Crippen LogP contribution is 2.26. The topological polar surface area (TPSA) is 43.4 Å². The predicted octanol–water partition coefficient (Wildman–Crippen LogP) is 2.93. The predicted molar refractivity (Wildman–Crippen MR) is 66.2 cm³/mol. The van der Waals surface area contributed by atoms with Crippen molar-refractivity contribution in [1.29, 1.82) is 0 Å². The van der Waals surface area contributed by atoms with E-state index in [4.69, 9.17) is 15.4 Å². The molecule has 3 nitrogen and oxygen atoms in total. The van der Waals surface area contributed by atoms with Gasteiger partial charge in [-0.1, -0.05) is 19.8 Å². The van der Waals surface area contributed by atoms with Gasteiger partial charge in [0, 0.05) is 17.3 Å². The standard InChI is InChI=1S/C11H21ClO3S/c1-10-6-2-3-7-11(10)15-8-4-5-9-16(12,13)14/h10-11H,2-9H2,1H3. The molecule has 96 valence electrons. The van der Waals surface area contributed by atoms with Gasteiger partial charge in [-0.2, -0.15) is 0 Å². The van der Waals surface area contributed by atoms with Crippen molar-refractivity contribution in [2.24, 2.45) is 5.92 Å². The third-order valence-electron chi connectivity index (χ3n) is 3.15. The molecule has 1 aliphatic carbocycles. The third kappa shape index (κ3) is 6.06. The second-order valence-corrected chi connectivity index (χ2v) is 7.52. The number of ether oxygens (including phenoxy) is 1. The summed E-state index contributed by atoms with van der Waals surface area (Å²) in [5.41, 5.74) is 0. The van der Waals surface area contributed by atoms with Crippen LogP contribution in [0.3, 0.4) is 0 Å². The quantitative estimate of drug-likeness (QED) is 0.550. The molecule has 1 aliphatic rings. The lowest BCUT2D eigenvalue weighted by Gasteiger charge is -2.28. The maximum Gasteiger partial charge on any atom is 0.232 e. The second-order valence-electron chi connectivity index (χ2n) is 4.62.